The molecule has 4 heteroatoms. The zero-order valence-corrected chi connectivity index (χ0v) is 7.42. The van der Waals surface area contributed by atoms with Gasteiger partial charge >= 0.3 is 0 Å². The number of carbonyl (C=O) groups excluding carboxylic acids is 1. The molecule has 0 aliphatic heterocycles. The predicted molar refractivity (Wildman–Crippen MR) is 45.2 cm³/mol. The van der Waals surface area contributed by atoms with Crippen LogP contribution in [-0.2, 0) is 4.79 Å². The molecule has 1 amide bonds. The van der Waals surface area contributed by atoms with E-state index in [9.17, 15) is 4.79 Å². The van der Waals surface area contributed by atoms with Crippen LogP contribution in [0.2, 0.25) is 0 Å². The Bertz CT molecular complexity index is 125. The van der Waals surface area contributed by atoms with Crippen molar-refractivity contribution in [1.82, 2.24) is 10.2 Å². The van der Waals surface area contributed by atoms with Crippen molar-refractivity contribution < 1.29 is 4.79 Å². The molecule has 0 aliphatic rings. The molecule has 0 aromatic carbocycles. The van der Waals surface area contributed by atoms with Gasteiger partial charge in [-0.2, -0.15) is 0 Å². The van der Waals surface area contributed by atoms with Crippen LogP contribution in [0.15, 0.2) is 0 Å². The van der Waals surface area contributed by atoms with E-state index in [2.05, 4.69) is 17.1 Å². The molecule has 0 fully saturated rings. The number of amides is 1. The molecule has 1 unspecified atom stereocenters. The number of likely N-dealkylation sites (N-methyl/N-ethyl adjacent to an activating group) is 1. The molecule has 66 valence electrons. The lowest BCUT2D eigenvalue weighted by molar-refractivity contribution is -0.117. The molecule has 0 spiro atoms. The van der Waals surface area contributed by atoms with Crippen molar-refractivity contribution in [2.75, 3.05) is 27.2 Å². The average Bonchev–Trinajstić information content (AvgIpc) is 1.86. The third kappa shape index (κ3) is 5.82. The molecule has 3 N–H and O–H groups in total. The Hall–Kier alpha value is -0.610. The molecule has 0 saturated heterocycles. The second kappa shape index (κ2) is 5.09. The highest BCUT2D eigenvalue weighted by Crippen LogP contribution is 1.86. The van der Waals surface area contributed by atoms with Gasteiger partial charge in [-0.25, -0.2) is 0 Å². The lowest BCUT2D eigenvalue weighted by Gasteiger charge is -2.19. The van der Waals surface area contributed by atoms with Crippen molar-refractivity contribution in [2.24, 2.45) is 5.73 Å². The second-order valence-electron chi connectivity index (χ2n) is 2.91. The molecule has 11 heavy (non-hydrogen) atoms. The van der Waals surface area contributed by atoms with Gasteiger partial charge in [0.25, 0.3) is 0 Å². The highest BCUT2D eigenvalue weighted by Gasteiger charge is 2.03. The largest absolute Gasteiger partial charge is 0.369 e. The fourth-order valence-electron chi connectivity index (χ4n) is 0.587. The van der Waals surface area contributed by atoms with Crippen molar-refractivity contribution in [2.45, 2.75) is 13.0 Å². The number of rotatable bonds is 5. The molecular weight excluding hydrogens is 142 g/mol. The molecule has 0 saturated carbocycles. The Morgan fingerprint density at radius 2 is 2.18 bits per heavy atom. The highest BCUT2D eigenvalue weighted by molar-refractivity contribution is 5.75. The van der Waals surface area contributed by atoms with E-state index in [1.165, 1.54) is 0 Å². The number of carbonyl (C=O) groups is 1. The lowest BCUT2D eigenvalue weighted by atomic mass is 10.3. The maximum absolute atomic E-state index is 10.3. The molecule has 4 nitrogen and oxygen atoms in total. The van der Waals surface area contributed by atoms with E-state index in [0.717, 1.165) is 6.54 Å². The summed E-state index contributed by atoms with van der Waals surface area (Å²) in [7, 11) is 3.99. The van der Waals surface area contributed by atoms with Crippen LogP contribution in [0.1, 0.15) is 6.92 Å². The minimum Gasteiger partial charge on any atom is -0.369 e. The van der Waals surface area contributed by atoms with Crippen LogP contribution in [0.3, 0.4) is 0 Å². The van der Waals surface area contributed by atoms with E-state index in [4.69, 9.17) is 5.73 Å². The van der Waals surface area contributed by atoms with Gasteiger partial charge in [-0.3, -0.25) is 4.79 Å². The van der Waals surface area contributed by atoms with Crippen molar-refractivity contribution >= 4 is 5.91 Å². The first-order valence-electron chi connectivity index (χ1n) is 3.69. The summed E-state index contributed by atoms with van der Waals surface area (Å²) in [6.45, 7) is 3.13. The summed E-state index contributed by atoms with van der Waals surface area (Å²) in [5, 5.41) is 2.95. The molecule has 0 aliphatic carbocycles. The zero-order chi connectivity index (χ0) is 8.85. The number of hydrogen-bond donors (Lipinski definition) is 2. The van der Waals surface area contributed by atoms with Crippen molar-refractivity contribution in [3.63, 3.8) is 0 Å². The van der Waals surface area contributed by atoms with Gasteiger partial charge < -0.3 is 16.0 Å². The number of nitrogens with two attached hydrogens (primary N) is 1. The fraction of sp³-hybridized carbons (Fsp3) is 0.857. The second-order valence-corrected chi connectivity index (χ2v) is 2.91. The van der Waals surface area contributed by atoms with Crippen LogP contribution < -0.4 is 11.1 Å². The average molecular weight is 159 g/mol. The number of hydrogen-bond acceptors (Lipinski definition) is 3. The smallest absolute Gasteiger partial charge is 0.231 e. The summed E-state index contributed by atoms with van der Waals surface area (Å²) in [5.74, 6) is -0.309. The van der Waals surface area contributed by atoms with Gasteiger partial charge in [-0.05, 0) is 21.0 Å². The monoisotopic (exact) mass is 159 g/mol. The minimum atomic E-state index is -0.309. The Labute approximate surface area is 67.7 Å². The quantitative estimate of drug-likeness (QED) is 0.541. The molecule has 0 rings (SSSR count). The summed E-state index contributed by atoms with van der Waals surface area (Å²) < 4.78 is 0. The summed E-state index contributed by atoms with van der Waals surface area (Å²) in [5.41, 5.74) is 4.94. The van der Waals surface area contributed by atoms with Crippen LogP contribution >= 0.6 is 0 Å². The molecular formula is C7H17N3O. The van der Waals surface area contributed by atoms with Gasteiger partial charge in [0.05, 0.1) is 6.54 Å². The first kappa shape index (κ1) is 10.4. The van der Waals surface area contributed by atoms with Crippen LogP contribution in [0, 0.1) is 0 Å². The van der Waals surface area contributed by atoms with E-state index in [1.54, 1.807) is 0 Å². The summed E-state index contributed by atoms with van der Waals surface area (Å²) in [4.78, 5) is 12.4. The van der Waals surface area contributed by atoms with Crippen molar-refractivity contribution in [3.05, 3.63) is 0 Å². The normalized spacial score (nSPS) is 13.5. The highest BCUT2D eigenvalue weighted by atomic mass is 16.1. The Morgan fingerprint density at radius 1 is 1.64 bits per heavy atom. The van der Waals surface area contributed by atoms with Crippen molar-refractivity contribution in [3.8, 4) is 0 Å². The molecule has 0 heterocycles. The Morgan fingerprint density at radius 3 is 2.55 bits per heavy atom. The van der Waals surface area contributed by atoms with E-state index in [1.807, 2.05) is 14.1 Å². The van der Waals surface area contributed by atoms with Gasteiger partial charge in [0, 0.05) is 12.6 Å². The van der Waals surface area contributed by atoms with Gasteiger partial charge in [-0.15, -0.1) is 0 Å². The number of nitrogens with one attached hydrogen (secondary N) is 1. The predicted octanol–water partition coefficient (Wildman–Crippen LogP) is -0.989. The SMILES string of the molecule is CC(CNCC(N)=O)N(C)C. The number of nitrogens with zero attached hydrogens (tertiary/aromatic N) is 1. The van der Waals surface area contributed by atoms with Crippen LogP contribution in [0.5, 0.6) is 0 Å². The van der Waals surface area contributed by atoms with Gasteiger partial charge in [0.2, 0.25) is 5.91 Å². The fourth-order valence-corrected chi connectivity index (χ4v) is 0.587. The summed E-state index contributed by atoms with van der Waals surface area (Å²) in [6, 6.07) is 0.425. The van der Waals surface area contributed by atoms with E-state index in [0.29, 0.717) is 6.04 Å². The van der Waals surface area contributed by atoms with Crippen LogP contribution in [0.25, 0.3) is 0 Å². The molecule has 1 atom stereocenters. The van der Waals surface area contributed by atoms with Crippen LogP contribution in [-0.4, -0.2) is 44.0 Å². The molecule has 0 radical (unpaired) electrons. The first-order chi connectivity index (χ1) is 5.04. The van der Waals surface area contributed by atoms with E-state index in [-0.39, 0.29) is 12.5 Å². The standard InChI is InChI=1S/C7H17N3O/c1-6(10(2)3)4-9-5-7(8)11/h6,9H,4-5H2,1-3H3,(H2,8,11). The lowest BCUT2D eigenvalue weighted by Crippen LogP contribution is -2.38. The molecule has 0 aromatic heterocycles. The maximum Gasteiger partial charge on any atom is 0.231 e. The molecule has 0 aromatic rings. The van der Waals surface area contributed by atoms with Gasteiger partial charge in [-0.1, -0.05) is 0 Å². The topological polar surface area (TPSA) is 58.4 Å². The van der Waals surface area contributed by atoms with E-state index < -0.39 is 0 Å². The minimum absolute atomic E-state index is 0.262. The third-order valence-corrected chi connectivity index (χ3v) is 1.62. The van der Waals surface area contributed by atoms with E-state index >= 15 is 0 Å². The van der Waals surface area contributed by atoms with Crippen molar-refractivity contribution in [1.29, 1.82) is 0 Å². The Balaban J connectivity index is 3.31. The summed E-state index contributed by atoms with van der Waals surface area (Å²) >= 11 is 0. The number of primary amides is 1. The molecule has 0 bridgehead atoms. The summed E-state index contributed by atoms with van der Waals surface area (Å²) in [6.07, 6.45) is 0. The zero-order valence-electron chi connectivity index (χ0n) is 7.42. The third-order valence-electron chi connectivity index (χ3n) is 1.62. The van der Waals surface area contributed by atoms with Crippen LogP contribution in [0.4, 0.5) is 0 Å². The Kier molecular flexibility index (Phi) is 4.81. The van der Waals surface area contributed by atoms with Gasteiger partial charge in [0.1, 0.15) is 0 Å². The maximum atomic E-state index is 10.3. The van der Waals surface area contributed by atoms with Gasteiger partial charge in [0.15, 0.2) is 0 Å². The first-order valence-corrected chi connectivity index (χ1v) is 3.69.